The average Bonchev–Trinajstić information content (AvgIpc) is 3.19. The third-order valence-electron chi connectivity index (χ3n) is 5.38. The summed E-state index contributed by atoms with van der Waals surface area (Å²) in [5, 5.41) is 0. The van der Waals surface area contributed by atoms with Crippen molar-refractivity contribution in [2.45, 2.75) is 13.5 Å². The molecule has 2 aromatic carbocycles. The van der Waals surface area contributed by atoms with Gasteiger partial charge >= 0.3 is 0 Å². The molecule has 2 aromatic heterocycles. The standard InChI is InChI=1S/C25H28N4O2S/c1-18-23(25-27-20-12-8-9-13-21(20)29(25)32-4)26-16-22(30-3)24(18)31-15-14-28(2)17-19-10-6-5-7-11-19/h5-13,16H,14-15,17H2,1-4H3. The molecule has 4 aromatic rings. The van der Waals surface area contributed by atoms with Crippen LogP contribution in [-0.4, -0.2) is 52.4 Å². The van der Waals surface area contributed by atoms with Crippen molar-refractivity contribution < 1.29 is 9.47 Å². The van der Waals surface area contributed by atoms with Crippen molar-refractivity contribution in [1.82, 2.24) is 18.8 Å². The number of hydrogen-bond acceptors (Lipinski definition) is 6. The van der Waals surface area contributed by atoms with Gasteiger partial charge in [0.1, 0.15) is 12.3 Å². The third-order valence-corrected chi connectivity index (χ3v) is 6.11. The highest BCUT2D eigenvalue weighted by atomic mass is 32.2. The predicted molar refractivity (Wildman–Crippen MR) is 131 cm³/mol. The summed E-state index contributed by atoms with van der Waals surface area (Å²) < 4.78 is 13.9. The summed E-state index contributed by atoms with van der Waals surface area (Å²) >= 11 is 1.61. The Morgan fingerprint density at radius 3 is 2.56 bits per heavy atom. The number of methoxy groups -OCH3 is 1. The Morgan fingerprint density at radius 1 is 1.06 bits per heavy atom. The van der Waals surface area contributed by atoms with Crippen molar-refractivity contribution in [3.8, 4) is 23.0 Å². The highest BCUT2D eigenvalue weighted by molar-refractivity contribution is 7.97. The Morgan fingerprint density at radius 2 is 1.81 bits per heavy atom. The van der Waals surface area contributed by atoms with Crippen molar-refractivity contribution in [3.05, 3.63) is 71.9 Å². The van der Waals surface area contributed by atoms with Crippen LogP contribution < -0.4 is 9.47 Å². The third kappa shape index (κ3) is 4.59. The van der Waals surface area contributed by atoms with E-state index in [0.29, 0.717) is 18.1 Å². The first-order valence-corrected chi connectivity index (χ1v) is 11.7. The zero-order valence-corrected chi connectivity index (χ0v) is 19.7. The summed E-state index contributed by atoms with van der Waals surface area (Å²) in [5.41, 5.74) is 5.01. The van der Waals surface area contributed by atoms with Gasteiger partial charge in [0.15, 0.2) is 17.3 Å². The fraction of sp³-hybridized carbons (Fsp3) is 0.280. The number of benzene rings is 2. The zero-order chi connectivity index (χ0) is 22.5. The lowest BCUT2D eigenvalue weighted by atomic mass is 10.2. The Kier molecular flexibility index (Phi) is 6.97. The number of aromatic nitrogens is 3. The fourth-order valence-electron chi connectivity index (χ4n) is 3.74. The minimum atomic E-state index is 0.545. The van der Waals surface area contributed by atoms with Gasteiger partial charge in [0.2, 0.25) is 0 Å². The molecule has 0 fully saturated rings. The SMILES string of the molecule is COc1cnc(-c2nc3ccccc3n2SC)c(C)c1OCCN(C)Cc1ccccc1. The van der Waals surface area contributed by atoms with Gasteiger partial charge in [-0.2, -0.15) is 0 Å². The molecule has 0 atom stereocenters. The normalized spacial score (nSPS) is 11.3. The van der Waals surface area contributed by atoms with Crippen LogP contribution in [0.2, 0.25) is 0 Å². The van der Waals surface area contributed by atoms with Crippen LogP contribution in [0.1, 0.15) is 11.1 Å². The maximum atomic E-state index is 6.23. The van der Waals surface area contributed by atoms with Crippen LogP contribution in [-0.2, 0) is 6.54 Å². The Hall–Kier alpha value is -3.03. The number of para-hydroxylation sites is 2. The van der Waals surface area contributed by atoms with E-state index in [2.05, 4.69) is 51.2 Å². The van der Waals surface area contributed by atoms with Gasteiger partial charge < -0.3 is 9.47 Å². The molecule has 0 saturated carbocycles. The molecule has 7 heteroatoms. The second kappa shape index (κ2) is 10.1. The molecule has 0 aliphatic heterocycles. The monoisotopic (exact) mass is 448 g/mol. The molecule has 0 saturated heterocycles. The van der Waals surface area contributed by atoms with Gasteiger partial charge in [-0.05, 0) is 43.6 Å². The predicted octanol–water partition coefficient (Wildman–Crippen LogP) is 5.05. The molecule has 0 amide bonds. The first-order valence-electron chi connectivity index (χ1n) is 10.5. The lowest BCUT2D eigenvalue weighted by Gasteiger charge is -2.19. The van der Waals surface area contributed by atoms with Crippen LogP contribution >= 0.6 is 11.9 Å². The van der Waals surface area contributed by atoms with Crippen molar-refractivity contribution in [1.29, 1.82) is 0 Å². The molecule has 0 bridgehead atoms. The molecule has 6 nitrogen and oxygen atoms in total. The van der Waals surface area contributed by atoms with Crippen LogP contribution in [0.5, 0.6) is 11.5 Å². The van der Waals surface area contributed by atoms with Gasteiger partial charge in [-0.15, -0.1) is 0 Å². The summed E-state index contributed by atoms with van der Waals surface area (Å²) in [5.74, 6) is 2.15. The molecular weight excluding hydrogens is 420 g/mol. The van der Waals surface area contributed by atoms with Crippen LogP contribution in [0.15, 0.2) is 60.8 Å². The molecule has 0 unspecified atom stereocenters. The minimum Gasteiger partial charge on any atom is -0.491 e. The smallest absolute Gasteiger partial charge is 0.179 e. The van der Waals surface area contributed by atoms with Gasteiger partial charge in [0.25, 0.3) is 0 Å². The van der Waals surface area contributed by atoms with E-state index in [1.807, 2.05) is 37.4 Å². The number of hydrogen-bond donors (Lipinski definition) is 0. The van der Waals surface area contributed by atoms with E-state index in [-0.39, 0.29) is 0 Å². The van der Waals surface area contributed by atoms with Gasteiger partial charge in [-0.25, -0.2) is 9.97 Å². The number of likely N-dealkylation sites (N-methyl/N-ethyl adjacent to an activating group) is 1. The minimum absolute atomic E-state index is 0.545. The van der Waals surface area contributed by atoms with Gasteiger partial charge in [0, 0.05) is 24.9 Å². The van der Waals surface area contributed by atoms with E-state index in [1.165, 1.54) is 5.56 Å². The summed E-state index contributed by atoms with van der Waals surface area (Å²) in [6.07, 6.45) is 3.76. The molecule has 166 valence electrons. The summed E-state index contributed by atoms with van der Waals surface area (Å²) in [4.78, 5) is 11.8. The number of nitrogens with zero attached hydrogens (tertiary/aromatic N) is 4. The van der Waals surface area contributed by atoms with E-state index in [1.54, 1.807) is 25.3 Å². The van der Waals surface area contributed by atoms with E-state index in [4.69, 9.17) is 14.5 Å². The van der Waals surface area contributed by atoms with Crippen molar-refractivity contribution in [2.75, 3.05) is 33.6 Å². The van der Waals surface area contributed by atoms with Gasteiger partial charge in [-0.1, -0.05) is 42.5 Å². The van der Waals surface area contributed by atoms with E-state index < -0.39 is 0 Å². The number of ether oxygens (including phenoxy) is 2. The van der Waals surface area contributed by atoms with Crippen molar-refractivity contribution in [2.24, 2.45) is 0 Å². The maximum Gasteiger partial charge on any atom is 0.179 e. The van der Waals surface area contributed by atoms with Crippen LogP contribution in [0.25, 0.3) is 22.6 Å². The van der Waals surface area contributed by atoms with Crippen LogP contribution in [0.3, 0.4) is 0 Å². The van der Waals surface area contributed by atoms with Crippen molar-refractivity contribution >= 4 is 23.0 Å². The summed E-state index contributed by atoms with van der Waals surface area (Å²) in [7, 11) is 3.74. The van der Waals surface area contributed by atoms with Crippen molar-refractivity contribution in [3.63, 3.8) is 0 Å². The second-order valence-electron chi connectivity index (χ2n) is 7.60. The van der Waals surface area contributed by atoms with Gasteiger partial charge in [-0.3, -0.25) is 8.87 Å². The molecule has 2 heterocycles. The van der Waals surface area contributed by atoms with Crippen LogP contribution in [0, 0.1) is 6.92 Å². The Balaban J connectivity index is 1.56. The number of pyridine rings is 1. The summed E-state index contributed by atoms with van der Waals surface area (Å²) in [6.45, 7) is 4.22. The molecule has 32 heavy (non-hydrogen) atoms. The molecule has 4 rings (SSSR count). The number of rotatable bonds is 9. The average molecular weight is 449 g/mol. The largest absolute Gasteiger partial charge is 0.491 e. The van der Waals surface area contributed by atoms with E-state index in [0.717, 1.165) is 41.2 Å². The highest BCUT2D eigenvalue weighted by Gasteiger charge is 2.20. The number of fused-ring (bicyclic) bond motifs is 1. The second-order valence-corrected chi connectivity index (χ2v) is 8.33. The molecule has 0 radical (unpaired) electrons. The molecule has 0 spiro atoms. The molecular formula is C25H28N4O2S. The first kappa shape index (κ1) is 22.2. The lowest BCUT2D eigenvalue weighted by molar-refractivity contribution is 0.225. The lowest BCUT2D eigenvalue weighted by Crippen LogP contribution is -2.24. The van der Waals surface area contributed by atoms with E-state index in [9.17, 15) is 0 Å². The van der Waals surface area contributed by atoms with Gasteiger partial charge in [0.05, 0.1) is 24.3 Å². The topological polar surface area (TPSA) is 52.4 Å². The maximum absolute atomic E-state index is 6.23. The molecule has 0 N–H and O–H groups in total. The summed E-state index contributed by atoms with van der Waals surface area (Å²) in [6, 6.07) is 18.5. The molecule has 0 aliphatic rings. The molecule has 0 aliphatic carbocycles. The van der Waals surface area contributed by atoms with Crippen LogP contribution in [0.4, 0.5) is 0 Å². The van der Waals surface area contributed by atoms with E-state index >= 15 is 0 Å². The Bertz CT molecular complexity index is 1190. The fourth-order valence-corrected chi connectivity index (χ4v) is 4.39. The zero-order valence-electron chi connectivity index (χ0n) is 18.9. The highest BCUT2D eigenvalue weighted by Crippen LogP contribution is 2.37. The first-order chi connectivity index (χ1) is 15.6. The Labute approximate surface area is 193 Å². The quantitative estimate of drug-likeness (QED) is 0.357. The number of imidazole rings is 1.